The van der Waals surface area contributed by atoms with Crippen LogP contribution in [-0.2, 0) is 21.6 Å². The van der Waals surface area contributed by atoms with Gasteiger partial charge in [-0.25, -0.2) is 0 Å². The van der Waals surface area contributed by atoms with Crippen molar-refractivity contribution in [1.82, 2.24) is 0 Å². The first kappa shape index (κ1) is 19.2. The fourth-order valence-electron chi connectivity index (χ4n) is 2.31. The van der Waals surface area contributed by atoms with Crippen molar-refractivity contribution in [2.75, 3.05) is 5.32 Å². The van der Waals surface area contributed by atoms with Gasteiger partial charge in [0.15, 0.2) is 0 Å². The maximum absolute atomic E-state index is 12.5. The zero-order valence-corrected chi connectivity index (χ0v) is 16.4. The smallest absolute Gasteiger partial charge is 0.302 e. The Morgan fingerprint density at radius 1 is 1.08 bits per heavy atom. The largest absolute Gasteiger partial charge is 0.461 e. The number of halogens is 1. The Hall–Kier alpha value is -2.14. The number of hydrogen-bond acceptors (Lipinski definition) is 3. The molecule has 0 aliphatic carbocycles. The molecule has 1 N–H and O–H groups in total. The summed E-state index contributed by atoms with van der Waals surface area (Å²) < 4.78 is 5.84. The average molecular weight is 404 g/mol. The second kappa shape index (κ2) is 7.83. The van der Waals surface area contributed by atoms with Crippen LogP contribution in [0.2, 0.25) is 0 Å². The topological polar surface area (TPSA) is 55.4 Å². The Kier molecular flexibility index (Phi) is 6.01. The van der Waals surface area contributed by atoms with E-state index in [9.17, 15) is 9.59 Å². The second-order valence-electron chi connectivity index (χ2n) is 6.83. The maximum Gasteiger partial charge on any atom is 0.302 e. The van der Waals surface area contributed by atoms with Crippen molar-refractivity contribution in [3.05, 3.63) is 63.6 Å². The molecule has 0 heterocycles. The molecule has 0 saturated heterocycles. The molecule has 25 heavy (non-hydrogen) atoms. The van der Waals surface area contributed by atoms with Crippen LogP contribution in [0.25, 0.3) is 0 Å². The summed E-state index contributed by atoms with van der Waals surface area (Å²) in [4.78, 5) is 23.6. The lowest BCUT2D eigenvalue weighted by atomic mass is 9.87. The van der Waals surface area contributed by atoms with E-state index < -0.39 is 0 Å². The van der Waals surface area contributed by atoms with Crippen molar-refractivity contribution in [3.63, 3.8) is 0 Å². The molecular formula is C20H22BrNO3. The third-order valence-electron chi connectivity index (χ3n) is 3.80. The van der Waals surface area contributed by atoms with Crippen LogP contribution in [0.5, 0.6) is 0 Å². The lowest BCUT2D eigenvalue weighted by Crippen LogP contribution is -2.15. The van der Waals surface area contributed by atoms with Gasteiger partial charge in [-0.05, 0) is 35.2 Å². The molecule has 1 amide bonds. The zero-order valence-electron chi connectivity index (χ0n) is 14.9. The van der Waals surface area contributed by atoms with E-state index in [1.807, 2.05) is 36.4 Å². The molecule has 2 aromatic rings. The summed E-state index contributed by atoms with van der Waals surface area (Å²) in [5.74, 6) is -0.576. The van der Waals surface area contributed by atoms with Crippen LogP contribution in [0.1, 0.15) is 49.2 Å². The van der Waals surface area contributed by atoms with Crippen LogP contribution in [0, 0.1) is 0 Å². The predicted octanol–water partition coefficient (Wildman–Crippen LogP) is 5.06. The molecule has 0 unspecified atom stereocenters. The van der Waals surface area contributed by atoms with Crippen molar-refractivity contribution in [2.45, 2.75) is 39.7 Å². The Bertz CT molecular complexity index is 777. The number of amides is 1. The summed E-state index contributed by atoms with van der Waals surface area (Å²) in [7, 11) is 0. The van der Waals surface area contributed by atoms with E-state index >= 15 is 0 Å². The van der Waals surface area contributed by atoms with Gasteiger partial charge in [-0.3, -0.25) is 9.59 Å². The average Bonchev–Trinajstić information content (AvgIpc) is 2.53. The molecule has 0 atom stereocenters. The zero-order chi connectivity index (χ0) is 18.6. The van der Waals surface area contributed by atoms with Crippen molar-refractivity contribution in [2.24, 2.45) is 0 Å². The van der Waals surface area contributed by atoms with Crippen molar-refractivity contribution >= 4 is 33.5 Å². The molecule has 0 aromatic heterocycles. The predicted molar refractivity (Wildman–Crippen MR) is 103 cm³/mol. The van der Waals surface area contributed by atoms with E-state index in [-0.39, 0.29) is 23.9 Å². The standard InChI is InChI=1S/C20H22BrNO3/c1-13(23)25-12-16-17(21)6-5-7-18(16)22-19(24)14-8-10-15(11-9-14)20(2,3)4/h5-11H,12H2,1-4H3,(H,22,24). The van der Waals surface area contributed by atoms with E-state index in [2.05, 4.69) is 42.0 Å². The van der Waals surface area contributed by atoms with E-state index in [0.717, 1.165) is 10.0 Å². The number of anilines is 1. The van der Waals surface area contributed by atoms with Gasteiger partial charge in [-0.15, -0.1) is 0 Å². The highest BCUT2D eigenvalue weighted by atomic mass is 79.9. The van der Waals surface area contributed by atoms with Gasteiger partial charge in [0.2, 0.25) is 0 Å². The van der Waals surface area contributed by atoms with Crippen LogP contribution in [-0.4, -0.2) is 11.9 Å². The minimum Gasteiger partial charge on any atom is -0.461 e. The molecule has 0 aliphatic heterocycles. The van der Waals surface area contributed by atoms with Gasteiger partial charge in [0.05, 0.1) is 0 Å². The third kappa shape index (κ3) is 5.16. The summed E-state index contributed by atoms with van der Waals surface area (Å²) >= 11 is 3.43. The number of esters is 1. The lowest BCUT2D eigenvalue weighted by Gasteiger charge is -2.19. The monoisotopic (exact) mass is 403 g/mol. The van der Waals surface area contributed by atoms with Crippen molar-refractivity contribution < 1.29 is 14.3 Å². The van der Waals surface area contributed by atoms with Gasteiger partial charge in [-0.2, -0.15) is 0 Å². The number of benzene rings is 2. The van der Waals surface area contributed by atoms with E-state index in [1.165, 1.54) is 12.5 Å². The van der Waals surface area contributed by atoms with Crippen molar-refractivity contribution in [3.8, 4) is 0 Å². The summed E-state index contributed by atoms with van der Waals surface area (Å²) in [5, 5.41) is 2.89. The summed E-state index contributed by atoms with van der Waals surface area (Å²) in [5.41, 5.74) is 3.11. The first-order chi connectivity index (χ1) is 11.7. The Morgan fingerprint density at radius 2 is 1.72 bits per heavy atom. The fraction of sp³-hybridized carbons (Fsp3) is 0.300. The number of hydrogen-bond donors (Lipinski definition) is 1. The fourth-order valence-corrected chi connectivity index (χ4v) is 2.79. The van der Waals surface area contributed by atoms with Crippen molar-refractivity contribution in [1.29, 1.82) is 0 Å². The molecule has 0 bridgehead atoms. The van der Waals surface area contributed by atoms with Crippen LogP contribution >= 0.6 is 15.9 Å². The minimum atomic E-state index is -0.370. The molecule has 0 radical (unpaired) electrons. The Balaban J connectivity index is 2.20. The van der Waals surface area contributed by atoms with E-state index in [4.69, 9.17) is 4.74 Å². The number of rotatable bonds is 4. The molecule has 0 spiro atoms. The lowest BCUT2D eigenvalue weighted by molar-refractivity contribution is -0.142. The molecule has 132 valence electrons. The highest BCUT2D eigenvalue weighted by Gasteiger charge is 2.16. The van der Waals surface area contributed by atoms with Gasteiger partial charge in [-0.1, -0.05) is 54.9 Å². The van der Waals surface area contributed by atoms with Gasteiger partial charge in [0.25, 0.3) is 5.91 Å². The van der Waals surface area contributed by atoms with Crippen LogP contribution in [0.15, 0.2) is 46.9 Å². The number of carbonyl (C=O) groups is 2. The summed E-state index contributed by atoms with van der Waals surface area (Å²) in [6, 6.07) is 13.0. The third-order valence-corrected chi connectivity index (χ3v) is 4.54. The van der Waals surface area contributed by atoms with Gasteiger partial charge in [0.1, 0.15) is 6.61 Å². The normalized spacial score (nSPS) is 11.1. The first-order valence-electron chi connectivity index (χ1n) is 8.01. The number of nitrogens with one attached hydrogen (secondary N) is 1. The molecule has 4 nitrogen and oxygen atoms in total. The second-order valence-corrected chi connectivity index (χ2v) is 7.68. The Labute approximate surface area is 156 Å². The van der Waals surface area contributed by atoms with Gasteiger partial charge in [0, 0.05) is 28.2 Å². The molecular weight excluding hydrogens is 382 g/mol. The molecule has 2 rings (SSSR count). The molecule has 0 aliphatic rings. The molecule has 5 heteroatoms. The highest BCUT2D eigenvalue weighted by molar-refractivity contribution is 9.10. The quantitative estimate of drug-likeness (QED) is 0.725. The molecule has 2 aromatic carbocycles. The van der Waals surface area contributed by atoms with Gasteiger partial charge < -0.3 is 10.1 Å². The Morgan fingerprint density at radius 3 is 2.28 bits per heavy atom. The van der Waals surface area contributed by atoms with Crippen LogP contribution in [0.3, 0.4) is 0 Å². The van der Waals surface area contributed by atoms with E-state index in [1.54, 1.807) is 6.07 Å². The summed E-state index contributed by atoms with van der Waals surface area (Å²) in [6.45, 7) is 7.84. The highest BCUT2D eigenvalue weighted by Crippen LogP contribution is 2.27. The minimum absolute atomic E-state index is 0.0382. The number of ether oxygens (including phenoxy) is 1. The molecule has 0 saturated carbocycles. The first-order valence-corrected chi connectivity index (χ1v) is 8.80. The SMILES string of the molecule is CC(=O)OCc1c(Br)cccc1NC(=O)c1ccc(C(C)(C)C)cc1. The van der Waals surface area contributed by atoms with Gasteiger partial charge >= 0.3 is 5.97 Å². The number of carbonyl (C=O) groups excluding carboxylic acids is 2. The summed E-state index contributed by atoms with van der Waals surface area (Å²) in [6.07, 6.45) is 0. The molecule has 0 fully saturated rings. The van der Waals surface area contributed by atoms with E-state index in [0.29, 0.717) is 11.3 Å². The van der Waals surface area contributed by atoms with Crippen LogP contribution < -0.4 is 5.32 Å². The maximum atomic E-state index is 12.5. The van der Waals surface area contributed by atoms with Crippen LogP contribution in [0.4, 0.5) is 5.69 Å².